The van der Waals surface area contributed by atoms with Crippen LogP contribution in [0.5, 0.6) is 0 Å². The van der Waals surface area contributed by atoms with E-state index in [9.17, 15) is 12.8 Å². The van der Waals surface area contributed by atoms with E-state index in [0.717, 1.165) is 54.7 Å². The Hall–Kier alpha value is -2.92. The van der Waals surface area contributed by atoms with Crippen LogP contribution >= 0.6 is 0 Å². The lowest BCUT2D eigenvalue weighted by Gasteiger charge is -2.36. The van der Waals surface area contributed by atoms with E-state index in [1.54, 1.807) is 19.3 Å². The minimum Gasteiger partial charge on any atom is -0.368 e. The fourth-order valence-corrected chi connectivity index (χ4v) is 6.02. The number of anilines is 1. The van der Waals surface area contributed by atoms with Crippen LogP contribution in [0.4, 0.5) is 14.5 Å². The number of rotatable bonds is 8. The molecule has 1 aromatic carbocycles. The molecule has 0 N–H and O–H groups in total. The molecule has 5 rings (SSSR count). The molecule has 3 aromatic rings. The molecule has 0 spiro atoms. The third-order valence-corrected chi connectivity index (χ3v) is 8.30. The summed E-state index contributed by atoms with van der Waals surface area (Å²) in [5.41, 5.74) is 1.52. The van der Waals surface area contributed by atoms with Crippen molar-refractivity contribution in [1.29, 1.82) is 0 Å². The Balaban J connectivity index is 1.38. The Morgan fingerprint density at radius 3 is 2.57 bits per heavy atom. The Kier molecular flexibility index (Phi) is 6.54. The van der Waals surface area contributed by atoms with E-state index in [0.29, 0.717) is 17.7 Å². The second kappa shape index (κ2) is 9.62. The third-order valence-electron chi connectivity index (χ3n) is 6.52. The van der Waals surface area contributed by atoms with Crippen molar-refractivity contribution < 1.29 is 17.2 Å². The van der Waals surface area contributed by atoms with Gasteiger partial charge in [-0.2, -0.15) is 0 Å². The van der Waals surface area contributed by atoms with Crippen LogP contribution in [0.2, 0.25) is 0 Å². The average Bonchev–Trinajstić information content (AvgIpc) is 3.59. The summed E-state index contributed by atoms with van der Waals surface area (Å²) in [4.78, 5) is 9.15. The van der Waals surface area contributed by atoms with Gasteiger partial charge in [0.15, 0.2) is 21.5 Å². The monoisotopic (exact) mass is 502 g/mol. The van der Waals surface area contributed by atoms with Gasteiger partial charge in [-0.15, -0.1) is 5.10 Å². The van der Waals surface area contributed by atoms with Gasteiger partial charge >= 0.3 is 0 Å². The van der Waals surface area contributed by atoms with Crippen molar-refractivity contribution in [1.82, 2.24) is 24.9 Å². The zero-order chi connectivity index (χ0) is 24.6. The standard InChI is InChI=1S/C24H28F2N6O2S/c1-2-11-35(33,34)16-17-3-6-21(25)24(23(17)26)32-15-22(28-29-32)18-12-20(14-27-13-18)31-9-7-30(8-10-31)19-4-5-19/h3,6,12-15,19H,2,4-5,7-11,16H2,1H3. The molecular weight excluding hydrogens is 474 g/mol. The largest absolute Gasteiger partial charge is 0.368 e. The Morgan fingerprint density at radius 2 is 1.86 bits per heavy atom. The molecule has 2 fully saturated rings. The number of halogens is 2. The highest BCUT2D eigenvalue weighted by Gasteiger charge is 2.31. The maximum atomic E-state index is 15.2. The van der Waals surface area contributed by atoms with Crippen LogP contribution in [0.1, 0.15) is 31.7 Å². The van der Waals surface area contributed by atoms with Crippen LogP contribution in [0, 0.1) is 11.6 Å². The van der Waals surface area contributed by atoms with E-state index < -0.39 is 32.9 Å². The summed E-state index contributed by atoms with van der Waals surface area (Å²) in [7, 11) is -3.50. The minimum absolute atomic E-state index is 0.0639. The van der Waals surface area contributed by atoms with Crippen LogP contribution < -0.4 is 4.90 Å². The third kappa shape index (κ3) is 5.20. The van der Waals surface area contributed by atoms with Gasteiger partial charge in [0.25, 0.3) is 0 Å². The first-order chi connectivity index (χ1) is 16.8. The van der Waals surface area contributed by atoms with Gasteiger partial charge < -0.3 is 4.90 Å². The number of piperazine rings is 1. The zero-order valence-corrected chi connectivity index (χ0v) is 20.4. The van der Waals surface area contributed by atoms with E-state index in [1.807, 2.05) is 6.07 Å². The molecule has 2 aliphatic rings. The second-order valence-corrected chi connectivity index (χ2v) is 11.4. The maximum Gasteiger partial charge on any atom is 0.156 e. The molecular formula is C24H28F2N6O2S. The summed E-state index contributed by atoms with van der Waals surface area (Å²) in [6.45, 7) is 5.61. The molecule has 1 aliphatic carbocycles. The quantitative estimate of drug-likeness (QED) is 0.468. The van der Waals surface area contributed by atoms with Crippen molar-refractivity contribution in [2.45, 2.75) is 38.0 Å². The Morgan fingerprint density at radius 1 is 1.09 bits per heavy atom. The van der Waals surface area contributed by atoms with Gasteiger partial charge in [0, 0.05) is 49.5 Å². The lowest BCUT2D eigenvalue weighted by molar-refractivity contribution is 0.248. The van der Waals surface area contributed by atoms with Crippen molar-refractivity contribution in [3.05, 3.63) is 54.0 Å². The van der Waals surface area contributed by atoms with Crippen molar-refractivity contribution in [2.24, 2.45) is 0 Å². The molecule has 8 nitrogen and oxygen atoms in total. The van der Waals surface area contributed by atoms with Gasteiger partial charge in [-0.05, 0) is 31.4 Å². The molecule has 0 atom stereocenters. The van der Waals surface area contributed by atoms with E-state index in [-0.39, 0.29) is 11.3 Å². The highest BCUT2D eigenvalue weighted by atomic mass is 32.2. The van der Waals surface area contributed by atoms with Gasteiger partial charge in [-0.1, -0.05) is 18.2 Å². The summed E-state index contributed by atoms with van der Waals surface area (Å²) >= 11 is 0. The maximum absolute atomic E-state index is 15.2. The van der Waals surface area contributed by atoms with Gasteiger partial charge in [0.2, 0.25) is 0 Å². The van der Waals surface area contributed by atoms with Gasteiger partial charge in [0.1, 0.15) is 11.4 Å². The molecule has 0 bridgehead atoms. The fraction of sp³-hybridized carbons (Fsp3) is 0.458. The van der Waals surface area contributed by atoms with Crippen molar-refractivity contribution in [3.63, 3.8) is 0 Å². The smallest absolute Gasteiger partial charge is 0.156 e. The second-order valence-electron chi connectivity index (χ2n) is 9.20. The molecule has 11 heteroatoms. The number of aromatic nitrogens is 4. The minimum atomic E-state index is -3.50. The van der Waals surface area contributed by atoms with Crippen molar-refractivity contribution >= 4 is 15.5 Å². The lowest BCUT2D eigenvalue weighted by Crippen LogP contribution is -2.47. The molecule has 2 aromatic heterocycles. The normalized spacial score (nSPS) is 17.2. The number of sulfone groups is 1. The average molecular weight is 503 g/mol. The molecule has 1 saturated heterocycles. The number of hydrogen-bond donors (Lipinski definition) is 0. The highest BCUT2D eigenvalue weighted by Crippen LogP contribution is 2.30. The van der Waals surface area contributed by atoms with E-state index >= 15 is 4.39 Å². The lowest BCUT2D eigenvalue weighted by atomic mass is 10.2. The summed E-state index contributed by atoms with van der Waals surface area (Å²) < 4.78 is 55.2. The molecule has 0 amide bonds. The summed E-state index contributed by atoms with van der Waals surface area (Å²) in [5.74, 6) is -2.37. The Labute approximate surface area is 203 Å². The first-order valence-electron chi connectivity index (χ1n) is 11.9. The van der Waals surface area contributed by atoms with Crippen LogP contribution in [0.3, 0.4) is 0 Å². The highest BCUT2D eigenvalue weighted by molar-refractivity contribution is 7.90. The zero-order valence-electron chi connectivity index (χ0n) is 19.6. The van der Waals surface area contributed by atoms with Crippen LogP contribution in [-0.4, -0.2) is 71.3 Å². The first-order valence-corrected chi connectivity index (χ1v) is 13.7. The molecule has 3 heterocycles. The summed E-state index contributed by atoms with van der Waals surface area (Å²) in [6.07, 6.45) is 7.89. The van der Waals surface area contributed by atoms with Gasteiger partial charge in [-0.3, -0.25) is 9.88 Å². The van der Waals surface area contributed by atoms with Crippen LogP contribution in [-0.2, 0) is 15.6 Å². The molecule has 1 saturated carbocycles. The molecule has 35 heavy (non-hydrogen) atoms. The topological polar surface area (TPSA) is 84.2 Å². The van der Waals surface area contributed by atoms with Gasteiger partial charge in [-0.25, -0.2) is 21.9 Å². The van der Waals surface area contributed by atoms with Crippen LogP contribution in [0.25, 0.3) is 16.9 Å². The molecule has 0 unspecified atom stereocenters. The SMILES string of the molecule is CCCS(=O)(=O)Cc1ccc(F)c(-n2cc(-c3cncc(N4CCN(C5CC5)CC4)c3)nn2)c1F. The van der Waals surface area contributed by atoms with E-state index in [4.69, 9.17) is 0 Å². The van der Waals surface area contributed by atoms with Crippen molar-refractivity contribution in [2.75, 3.05) is 36.8 Å². The van der Waals surface area contributed by atoms with Gasteiger partial charge in [0.05, 0.1) is 29.6 Å². The summed E-state index contributed by atoms with van der Waals surface area (Å²) in [6, 6.07) is 4.92. The number of hydrogen-bond acceptors (Lipinski definition) is 7. The molecule has 0 radical (unpaired) electrons. The summed E-state index contributed by atoms with van der Waals surface area (Å²) in [5, 5.41) is 8.03. The molecule has 186 valence electrons. The molecule has 1 aliphatic heterocycles. The first kappa shape index (κ1) is 23.8. The number of benzene rings is 1. The number of pyridine rings is 1. The van der Waals surface area contributed by atoms with E-state index in [1.165, 1.54) is 19.0 Å². The fourth-order valence-electron chi connectivity index (χ4n) is 4.56. The Bertz CT molecular complexity index is 1320. The van der Waals surface area contributed by atoms with Crippen LogP contribution in [0.15, 0.2) is 36.8 Å². The predicted molar refractivity (Wildman–Crippen MR) is 129 cm³/mol. The predicted octanol–water partition coefficient (Wildman–Crippen LogP) is 3.22. The van der Waals surface area contributed by atoms with E-state index in [2.05, 4.69) is 25.1 Å². The van der Waals surface area contributed by atoms with Crippen molar-refractivity contribution in [3.8, 4) is 16.9 Å². The number of nitrogens with zero attached hydrogens (tertiary/aromatic N) is 6.